The Kier molecular flexibility index (Phi) is 6.65. The van der Waals surface area contributed by atoms with Crippen molar-refractivity contribution in [2.45, 2.75) is 20.4 Å². The number of aryl methyl sites for hydroxylation is 2. The lowest BCUT2D eigenvalue weighted by Crippen LogP contribution is -2.48. The zero-order valence-corrected chi connectivity index (χ0v) is 19.8. The van der Waals surface area contributed by atoms with E-state index in [9.17, 15) is 4.79 Å². The molecule has 1 aromatic heterocycles. The highest BCUT2D eigenvalue weighted by Gasteiger charge is 2.24. The maximum absolute atomic E-state index is 13.1. The van der Waals surface area contributed by atoms with Crippen molar-refractivity contribution in [3.8, 4) is 17.2 Å². The van der Waals surface area contributed by atoms with Crippen LogP contribution in [0, 0.1) is 13.8 Å². The first-order valence-electron chi connectivity index (χ1n) is 11.0. The van der Waals surface area contributed by atoms with Crippen molar-refractivity contribution in [2.24, 2.45) is 0 Å². The Morgan fingerprint density at radius 3 is 2.15 bits per heavy atom. The minimum Gasteiger partial charge on any atom is -0.493 e. The summed E-state index contributed by atoms with van der Waals surface area (Å²) in [5.41, 5.74) is 5.02. The summed E-state index contributed by atoms with van der Waals surface area (Å²) in [7, 11) is 4.85. The number of piperazine rings is 1. The molecule has 3 aromatic rings. The molecule has 1 aliphatic rings. The number of hydrogen-bond donors (Lipinski definition) is 0. The van der Waals surface area contributed by atoms with Gasteiger partial charge >= 0.3 is 0 Å². The molecule has 1 amide bonds. The standard InChI is InChI=1S/C25H30N4O4/c1-16-17(2)27-21-14-18(6-8-20(21)26-16)25(30)29-12-10-28(11-13-29)15-19-7-9-22(31-3)24(33-5)23(19)32-4/h6-9,14H,10-13,15H2,1-5H3. The number of benzene rings is 2. The lowest BCUT2D eigenvalue weighted by atomic mass is 10.1. The second-order valence-electron chi connectivity index (χ2n) is 8.16. The van der Waals surface area contributed by atoms with Crippen molar-refractivity contribution < 1.29 is 19.0 Å². The smallest absolute Gasteiger partial charge is 0.254 e. The molecule has 4 rings (SSSR count). The van der Waals surface area contributed by atoms with E-state index in [1.807, 2.05) is 49.1 Å². The molecule has 0 radical (unpaired) electrons. The largest absolute Gasteiger partial charge is 0.493 e. The summed E-state index contributed by atoms with van der Waals surface area (Å²) in [6.45, 7) is 7.44. The van der Waals surface area contributed by atoms with Crippen molar-refractivity contribution in [3.63, 3.8) is 0 Å². The number of methoxy groups -OCH3 is 3. The highest BCUT2D eigenvalue weighted by molar-refractivity contribution is 5.97. The van der Waals surface area contributed by atoms with Crippen LogP contribution in [0.5, 0.6) is 17.2 Å². The van der Waals surface area contributed by atoms with Gasteiger partial charge in [0.1, 0.15) is 0 Å². The quantitative estimate of drug-likeness (QED) is 0.571. The van der Waals surface area contributed by atoms with Crippen LogP contribution >= 0.6 is 0 Å². The number of aromatic nitrogens is 2. The van der Waals surface area contributed by atoms with Gasteiger partial charge < -0.3 is 19.1 Å². The highest BCUT2D eigenvalue weighted by Crippen LogP contribution is 2.40. The Balaban J connectivity index is 1.43. The van der Waals surface area contributed by atoms with Crippen LogP contribution in [-0.2, 0) is 6.54 Å². The topological polar surface area (TPSA) is 77.0 Å². The number of rotatable bonds is 6. The SMILES string of the molecule is COc1ccc(CN2CCN(C(=O)c3ccc4nc(C)c(C)nc4c3)CC2)c(OC)c1OC. The molecule has 1 aliphatic heterocycles. The molecule has 8 heteroatoms. The Morgan fingerprint density at radius 1 is 0.848 bits per heavy atom. The lowest BCUT2D eigenvalue weighted by molar-refractivity contribution is 0.0627. The number of carbonyl (C=O) groups excluding carboxylic acids is 1. The van der Waals surface area contributed by atoms with E-state index in [2.05, 4.69) is 14.9 Å². The maximum atomic E-state index is 13.1. The molecule has 2 aromatic carbocycles. The average Bonchev–Trinajstić information content (AvgIpc) is 2.84. The van der Waals surface area contributed by atoms with E-state index in [0.717, 1.165) is 41.1 Å². The lowest BCUT2D eigenvalue weighted by Gasteiger charge is -2.35. The van der Waals surface area contributed by atoms with Crippen LogP contribution in [-0.4, -0.2) is 73.2 Å². The second-order valence-corrected chi connectivity index (χ2v) is 8.16. The van der Waals surface area contributed by atoms with Gasteiger partial charge in [0.25, 0.3) is 5.91 Å². The Labute approximate surface area is 194 Å². The molecule has 0 N–H and O–H groups in total. The summed E-state index contributed by atoms with van der Waals surface area (Å²) in [6.07, 6.45) is 0. The van der Waals surface area contributed by atoms with E-state index in [4.69, 9.17) is 14.2 Å². The summed E-state index contributed by atoms with van der Waals surface area (Å²) in [4.78, 5) is 26.5. The number of hydrogen-bond acceptors (Lipinski definition) is 7. The van der Waals surface area contributed by atoms with Crippen LogP contribution in [0.1, 0.15) is 27.3 Å². The van der Waals surface area contributed by atoms with Gasteiger partial charge in [-0.2, -0.15) is 0 Å². The summed E-state index contributed by atoms with van der Waals surface area (Å²) < 4.78 is 16.5. The van der Waals surface area contributed by atoms with Gasteiger partial charge in [0, 0.05) is 43.9 Å². The van der Waals surface area contributed by atoms with Crippen LogP contribution in [0.2, 0.25) is 0 Å². The molecule has 174 valence electrons. The van der Waals surface area contributed by atoms with E-state index >= 15 is 0 Å². The first-order chi connectivity index (χ1) is 15.9. The van der Waals surface area contributed by atoms with Gasteiger partial charge in [0.15, 0.2) is 11.5 Å². The fourth-order valence-corrected chi connectivity index (χ4v) is 4.18. The summed E-state index contributed by atoms with van der Waals surface area (Å²) in [5, 5.41) is 0. The van der Waals surface area contributed by atoms with Gasteiger partial charge in [0.2, 0.25) is 5.75 Å². The van der Waals surface area contributed by atoms with E-state index < -0.39 is 0 Å². The minimum absolute atomic E-state index is 0.0280. The summed E-state index contributed by atoms with van der Waals surface area (Å²) >= 11 is 0. The van der Waals surface area contributed by atoms with Gasteiger partial charge in [-0.3, -0.25) is 9.69 Å². The molecular weight excluding hydrogens is 420 g/mol. The van der Waals surface area contributed by atoms with Gasteiger partial charge in [-0.15, -0.1) is 0 Å². The monoisotopic (exact) mass is 450 g/mol. The van der Waals surface area contributed by atoms with Gasteiger partial charge in [-0.05, 0) is 38.1 Å². The molecule has 0 saturated carbocycles. The zero-order valence-electron chi connectivity index (χ0n) is 19.8. The van der Waals surface area contributed by atoms with E-state index in [1.165, 1.54) is 0 Å². The normalized spacial score (nSPS) is 14.4. The molecule has 33 heavy (non-hydrogen) atoms. The number of nitrogens with zero attached hydrogens (tertiary/aromatic N) is 4. The van der Waals surface area contributed by atoms with E-state index in [0.29, 0.717) is 42.4 Å². The zero-order chi connectivity index (χ0) is 23.5. The predicted molar refractivity (Wildman–Crippen MR) is 126 cm³/mol. The number of fused-ring (bicyclic) bond motifs is 1. The van der Waals surface area contributed by atoms with Gasteiger partial charge in [0.05, 0.1) is 43.8 Å². The second kappa shape index (κ2) is 9.62. The molecule has 8 nitrogen and oxygen atoms in total. The third kappa shape index (κ3) is 4.57. The third-order valence-electron chi connectivity index (χ3n) is 6.16. The van der Waals surface area contributed by atoms with Crippen molar-refractivity contribution in [3.05, 3.63) is 52.8 Å². The average molecular weight is 451 g/mol. The maximum Gasteiger partial charge on any atom is 0.254 e. The van der Waals surface area contributed by atoms with Crippen LogP contribution in [0.25, 0.3) is 11.0 Å². The summed E-state index contributed by atoms with van der Waals surface area (Å²) in [6, 6.07) is 9.45. The first-order valence-corrected chi connectivity index (χ1v) is 11.0. The molecule has 1 saturated heterocycles. The minimum atomic E-state index is 0.0280. The molecule has 0 atom stereocenters. The summed E-state index contributed by atoms with van der Waals surface area (Å²) in [5.74, 6) is 1.94. The molecule has 0 spiro atoms. The fourth-order valence-electron chi connectivity index (χ4n) is 4.18. The molecule has 2 heterocycles. The van der Waals surface area contributed by atoms with Crippen molar-refractivity contribution in [2.75, 3.05) is 47.5 Å². The highest BCUT2D eigenvalue weighted by atomic mass is 16.5. The molecule has 0 unspecified atom stereocenters. The van der Waals surface area contributed by atoms with Crippen LogP contribution < -0.4 is 14.2 Å². The first kappa shape index (κ1) is 22.8. The Bertz CT molecular complexity index is 1170. The number of amides is 1. The van der Waals surface area contributed by atoms with E-state index in [1.54, 1.807) is 21.3 Å². The molecule has 0 aliphatic carbocycles. The Hall–Kier alpha value is -3.39. The molecule has 1 fully saturated rings. The van der Waals surface area contributed by atoms with Crippen LogP contribution in [0.4, 0.5) is 0 Å². The van der Waals surface area contributed by atoms with Crippen molar-refractivity contribution >= 4 is 16.9 Å². The molecular formula is C25H30N4O4. The molecule has 0 bridgehead atoms. The number of ether oxygens (including phenoxy) is 3. The van der Waals surface area contributed by atoms with E-state index in [-0.39, 0.29) is 5.91 Å². The van der Waals surface area contributed by atoms with Gasteiger partial charge in [-0.1, -0.05) is 6.07 Å². The van der Waals surface area contributed by atoms with Gasteiger partial charge in [-0.25, -0.2) is 9.97 Å². The number of carbonyl (C=O) groups is 1. The van der Waals surface area contributed by atoms with Crippen molar-refractivity contribution in [1.29, 1.82) is 0 Å². The van der Waals surface area contributed by atoms with Crippen LogP contribution in [0.15, 0.2) is 30.3 Å². The fraction of sp³-hybridized carbons (Fsp3) is 0.400. The van der Waals surface area contributed by atoms with Crippen LogP contribution in [0.3, 0.4) is 0 Å². The predicted octanol–water partition coefficient (Wildman–Crippen LogP) is 3.23. The van der Waals surface area contributed by atoms with Crippen molar-refractivity contribution in [1.82, 2.24) is 19.8 Å². The third-order valence-corrected chi connectivity index (χ3v) is 6.16. The Morgan fingerprint density at radius 2 is 1.52 bits per heavy atom.